The molecule has 1 aliphatic heterocycles. The number of aliphatic hydroxyl groups excluding tert-OH is 1. The number of rotatable bonds is 2. The van der Waals surface area contributed by atoms with E-state index in [1.165, 1.54) is 6.42 Å². The molecule has 0 aromatic carbocycles. The largest absolute Gasteiger partial charge is 0.395 e. The number of hydrogen-bond donors (Lipinski definition) is 1. The van der Waals surface area contributed by atoms with E-state index in [1.807, 2.05) is 7.05 Å². The number of likely N-dealkylation sites (tertiary alicyclic amines) is 1. The molecule has 0 bridgehead atoms. The Balaban J connectivity index is 0.000000500. The van der Waals surface area contributed by atoms with E-state index in [4.69, 9.17) is 9.84 Å². The summed E-state index contributed by atoms with van der Waals surface area (Å²) in [5, 5.41) is 8.94. The van der Waals surface area contributed by atoms with Gasteiger partial charge in [0.25, 0.3) is 0 Å². The standard InChI is InChI=1S/C8H17NO2.C3H8/c1-9-5-8(11-2)4-3-7(9)6-10;1-3-2/h7-8,10H,3-6H2,1-2H3;3H2,1-2H3/t7-,8-;/m1./s1. The van der Waals surface area contributed by atoms with Crippen LogP contribution < -0.4 is 0 Å². The van der Waals surface area contributed by atoms with Crippen LogP contribution in [0.1, 0.15) is 33.1 Å². The Morgan fingerprint density at radius 2 is 1.93 bits per heavy atom. The van der Waals surface area contributed by atoms with Crippen molar-refractivity contribution in [1.29, 1.82) is 0 Å². The second-order valence-electron chi connectivity index (χ2n) is 3.92. The van der Waals surface area contributed by atoms with Crippen molar-refractivity contribution in [2.45, 2.75) is 45.3 Å². The van der Waals surface area contributed by atoms with Gasteiger partial charge in [0.2, 0.25) is 0 Å². The van der Waals surface area contributed by atoms with E-state index in [0.29, 0.717) is 12.1 Å². The molecule has 1 rings (SSSR count). The zero-order chi connectivity index (χ0) is 11.0. The summed E-state index contributed by atoms with van der Waals surface area (Å²) in [7, 11) is 3.78. The molecule has 0 amide bonds. The molecular weight excluding hydrogens is 178 g/mol. The number of ether oxygens (including phenoxy) is 1. The van der Waals surface area contributed by atoms with Crippen molar-refractivity contribution in [1.82, 2.24) is 4.90 Å². The van der Waals surface area contributed by atoms with Gasteiger partial charge in [0.05, 0.1) is 12.7 Å². The van der Waals surface area contributed by atoms with Crippen LogP contribution >= 0.6 is 0 Å². The Bertz CT molecular complexity index is 130. The molecule has 0 aromatic rings. The van der Waals surface area contributed by atoms with E-state index >= 15 is 0 Å². The molecule has 14 heavy (non-hydrogen) atoms. The maximum absolute atomic E-state index is 8.94. The number of likely N-dealkylation sites (N-methyl/N-ethyl adjacent to an activating group) is 1. The van der Waals surface area contributed by atoms with Gasteiger partial charge in [-0.25, -0.2) is 0 Å². The monoisotopic (exact) mass is 203 g/mol. The molecule has 0 radical (unpaired) electrons. The fourth-order valence-electron chi connectivity index (χ4n) is 1.58. The van der Waals surface area contributed by atoms with Crippen molar-refractivity contribution >= 4 is 0 Å². The maximum Gasteiger partial charge on any atom is 0.0698 e. The molecule has 1 aliphatic rings. The third kappa shape index (κ3) is 4.94. The first kappa shape index (κ1) is 13.9. The van der Waals surface area contributed by atoms with Crippen LogP contribution in [0.5, 0.6) is 0 Å². The highest BCUT2D eigenvalue weighted by Gasteiger charge is 2.24. The Morgan fingerprint density at radius 3 is 2.29 bits per heavy atom. The molecule has 1 heterocycles. The predicted molar refractivity (Wildman–Crippen MR) is 59.5 cm³/mol. The fourth-order valence-corrected chi connectivity index (χ4v) is 1.58. The summed E-state index contributed by atoms with van der Waals surface area (Å²) in [6, 6.07) is 0.349. The summed E-state index contributed by atoms with van der Waals surface area (Å²) < 4.78 is 5.23. The topological polar surface area (TPSA) is 32.7 Å². The molecular formula is C11H25NO2. The van der Waals surface area contributed by atoms with E-state index in [0.717, 1.165) is 19.4 Å². The van der Waals surface area contributed by atoms with Crippen LogP contribution in [0.15, 0.2) is 0 Å². The summed E-state index contributed by atoms with van der Waals surface area (Å²) in [6.45, 7) is 5.47. The van der Waals surface area contributed by atoms with Gasteiger partial charge in [0.15, 0.2) is 0 Å². The van der Waals surface area contributed by atoms with Gasteiger partial charge in [0.1, 0.15) is 0 Å². The van der Waals surface area contributed by atoms with E-state index < -0.39 is 0 Å². The van der Waals surface area contributed by atoms with Crippen LogP contribution in [-0.2, 0) is 4.74 Å². The van der Waals surface area contributed by atoms with Gasteiger partial charge >= 0.3 is 0 Å². The summed E-state index contributed by atoms with van der Waals surface area (Å²) in [5.74, 6) is 0. The summed E-state index contributed by atoms with van der Waals surface area (Å²) in [4.78, 5) is 2.16. The SMILES string of the molecule is CCC.CO[C@@H]1CC[C@H](CO)N(C)C1. The third-order valence-electron chi connectivity index (χ3n) is 2.48. The first-order valence-corrected chi connectivity index (χ1v) is 5.53. The molecule has 1 N–H and O–H groups in total. The Hall–Kier alpha value is -0.120. The lowest BCUT2D eigenvalue weighted by atomic mass is 10.0. The minimum Gasteiger partial charge on any atom is -0.395 e. The van der Waals surface area contributed by atoms with E-state index in [1.54, 1.807) is 7.11 Å². The minimum atomic E-state index is 0.271. The lowest BCUT2D eigenvalue weighted by molar-refractivity contribution is 0.00279. The average Bonchev–Trinajstić information content (AvgIpc) is 2.19. The molecule has 0 saturated carbocycles. The maximum atomic E-state index is 8.94. The number of aliphatic hydroxyl groups is 1. The lowest BCUT2D eigenvalue weighted by Crippen LogP contribution is -2.45. The first-order valence-electron chi connectivity index (χ1n) is 5.53. The predicted octanol–water partition coefficient (Wildman–Crippen LogP) is 1.50. The molecule has 0 aromatic heterocycles. The summed E-state index contributed by atoms with van der Waals surface area (Å²) in [6.07, 6.45) is 3.74. The Kier molecular flexibility index (Phi) is 8.14. The number of piperidine rings is 1. The van der Waals surface area contributed by atoms with Gasteiger partial charge < -0.3 is 9.84 Å². The van der Waals surface area contributed by atoms with Gasteiger partial charge in [-0.1, -0.05) is 20.3 Å². The molecule has 0 unspecified atom stereocenters. The smallest absolute Gasteiger partial charge is 0.0698 e. The minimum absolute atomic E-state index is 0.271. The number of hydrogen-bond acceptors (Lipinski definition) is 3. The van der Waals surface area contributed by atoms with Crippen LogP contribution in [0.4, 0.5) is 0 Å². The lowest BCUT2D eigenvalue weighted by Gasteiger charge is -2.35. The van der Waals surface area contributed by atoms with Crippen molar-refractivity contribution in [2.24, 2.45) is 0 Å². The second kappa shape index (κ2) is 8.21. The van der Waals surface area contributed by atoms with Gasteiger partial charge in [0, 0.05) is 19.7 Å². The highest BCUT2D eigenvalue weighted by molar-refractivity contribution is 4.78. The van der Waals surface area contributed by atoms with Crippen molar-refractivity contribution in [3.63, 3.8) is 0 Å². The molecule has 1 fully saturated rings. The molecule has 2 atom stereocenters. The van der Waals surface area contributed by atoms with Crippen molar-refractivity contribution < 1.29 is 9.84 Å². The molecule has 86 valence electrons. The van der Waals surface area contributed by atoms with Gasteiger partial charge in [-0.05, 0) is 19.9 Å². The normalized spacial score (nSPS) is 28.1. The van der Waals surface area contributed by atoms with Crippen molar-refractivity contribution in [2.75, 3.05) is 27.3 Å². The van der Waals surface area contributed by atoms with Crippen LogP contribution in [-0.4, -0.2) is 49.5 Å². The fraction of sp³-hybridized carbons (Fsp3) is 1.00. The Morgan fingerprint density at radius 1 is 1.36 bits per heavy atom. The first-order chi connectivity index (χ1) is 6.69. The van der Waals surface area contributed by atoms with Crippen molar-refractivity contribution in [3.8, 4) is 0 Å². The zero-order valence-electron chi connectivity index (χ0n) is 9.99. The quantitative estimate of drug-likeness (QED) is 0.738. The molecule has 3 heteroatoms. The highest BCUT2D eigenvalue weighted by atomic mass is 16.5. The van der Waals surface area contributed by atoms with Gasteiger partial charge in [-0.3, -0.25) is 4.90 Å². The summed E-state index contributed by atoms with van der Waals surface area (Å²) >= 11 is 0. The molecule has 0 spiro atoms. The van der Waals surface area contributed by atoms with Gasteiger partial charge in [-0.15, -0.1) is 0 Å². The van der Waals surface area contributed by atoms with Crippen LogP contribution in [0.25, 0.3) is 0 Å². The van der Waals surface area contributed by atoms with Crippen LogP contribution in [0.3, 0.4) is 0 Å². The number of nitrogens with zero attached hydrogens (tertiary/aromatic N) is 1. The molecule has 3 nitrogen and oxygen atoms in total. The van der Waals surface area contributed by atoms with E-state index in [-0.39, 0.29) is 6.61 Å². The third-order valence-corrected chi connectivity index (χ3v) is 2.48. The zero-order valence-corrected chi connectivity index (χ0v) is 9.99. The highest BCUT2D eigenvalue weighted by Crippen LogP contribution is 2.16. The molecule has 1 saturated heterocycles. The average molecular weight is 203 g/mol. The number of methoxy groups -OCH3 is 1. The van der Waals surface area contributed by atoms with Crippen LogP contribution in [0, 0.1) is 0 Å². The Labute approximate surface area is 88.1 Å². The molecule has 0 aliphatic carbocycles. The van der Waals surface area contributed by atoms with Crippen LogP contribution in [0.2, 0.25) is 0 Å². The summed E-state index contributed by atoms with van der Waals surface area (Å²) in [5.41, 5.74) is 0. The van der Waals surface area contributed by atoms with Gasteiger partial charge in [-0.2, -0.15) is 0 Å². The van der Waals surface area contributed by atoms with E-state index in [9.17, 15) is 0 Å². The second-order valence-corrected chi connectivity index (χ2v) is 3.92. The van der Waals surface area contributed by atoms with E-state index in [2.05, 4.69) is 18.7 Å². The van der Waals surface area contributed by atoms with Crippen molar-refractivity contribution in [3.05, 3.63) is 0 Å².